The number of amides is 1. The van der Waals surface area contributed by atoms with E-state index < -0.39 is 10.0 Å². The van der Waals surface area contributed by atoms with E-state index in [0.29, 0.717) is 18.1 Å². The molecule has 0 aliphatic rings. The Kier molecular flexibility index (Phi) is 8.73. The quantitative estimate of drug-likeness (QED) is 0.632. The van der Waals surface area contributed by atoms with Gasteiger partial charge in [-0.05, 0) is 30.5 Å². The summed E-state index contributed by atoms with van der Waals surface area (Å²) < 4.78 is 25.4. The highest BCUT2D eigenvalue weighted by atomic mass is 35.5. The summed E-state index contributed by atoms with van der Waals surface area (Å²) in [5, 5.41) is 0.606. The molecular weight excluding hydrogens is 348 g/mol. The molecule has 0 saturated heterocycles. The molecule has 0 unspecified atom stereocenters. The van der Waals surface area contributed by atoms with E-state index in [-0.39, 0.29) is 25.4 Å². The van der Waals surface area contributed by atoms with Crippen LogP contribution >= 0.6 is 11.6 Å². The van der Waals surface area contributed by atoms with Crippen molar-refractivity contribution in [2.24, 2.45) is 0 Å². The molecule has 1 aromatic rings. The van der Waals surface area contributed by atoms with Crippen molar-refractivity contribution in [1.82, 2.24) is 9.21 Å². The third kappa shape index (κ3) is 7.20. The van der Waals surface area contributed by atoms with E-state index in [9.17, 15) is 13.2 Å². The third-order valence-corrected chi connectivity index (χ3v) is 5.16. The molecule has 0 aliphatic heterocycles. The lowest BCUT2D eigenvalue weighted by molar-refractivity contribution is -0.131. The molecule has 0 aromatic heterocycles. The highest BCUT2D eigenvalue weighted by molar-refractivity contribution is 7.88. The number of nitrogens with zero attached hydrogens (tertiary/aromatic N) is 2. The molecule has 5 nitrogen and oxygen atoms in total. The molecule has 1 rings (SSSR count). The van der Waals surface area contributed by atoms with Gasteiger partial charge in [0.1, 0.15) is 0 Å². The molecule has 7 heteroatoms. The first-order valence-electron chi connectivity index (χ1n) is 8.25. The lowest BCUT2D eigenvalue weighted by Crippen LogP contribution is -2.37. The first-order chi connectivity index (χ1) is 11.3. The standard InChI is InChI=1S/C17H27ClN2O3S/c1-4-11-19(12-5-2)17(21)10-13-20(24(3,22)23)14-15-6-8-16(18)9-7-15/h6-9H,4-5,10-14H2,1-3H3. The maximum Gasteiger partial charge on any atom is 0.223 e. The van der Waals surface area contributed by atoms with Crippen LogP contribution in [0.25, 0.3) is 0 Å². The van der Waals surface area contributed by atoms with Crippen LogP contribution in [0, 0.1) is 0 Å². The summed E-state index contributed by atoms with van der Waals surface area (Å²) in [6.07, 6.45) is 3.16. The van der Waals surface area contributed by atoms with Crippen LogP contribution in [0.3, 0.4) is 0 Å². The van der Waals surface area contributed by atoms with Crippen molar-refractivity contribution in [2.45, 2.75) is 39.7 Å². The van der Waals surface area contributed by atoms with Gasteiger partial charge in [-0.3, -0.25) is 4.79 Å². The minimum Gasteiger partial charge on any atom is -0.343 e. The summed E-state index contributed by atoms with van der Waals surface area (Å²) in [5.74, 6) is 0.00320. The highest BCUT2D eigenvalue weighted by Gasteiger charge is 2.20. The molecule has 0 heterocycles. The Labute approximate surface area is 150 Å². The van der Waals surface area contributed by atoms with Crippen molar-refractivity contribution >= 4 is 27.5 Å². The van der Waals surface area contributed by atoms with Gasteiger partial charge in [0.15, 0.2) is 0 Å². The van der Waals surface area contributed by atoms with Crippen LogP contribution in [0.1, 0.15) is 38.7 Å². The van der Waals surface area contributed by atoms with Crippen LogP contribution in [0.4, 0.5) is 0 Å². The Morgan fingerprint density at radius 1 is 1.04 bits per heavy atom. The Hall–Kier alpha value is -1.11. The van der Waals surface area contributed by atoms with E-state index in [1.54, 1.807) is 24.3 Å². The molecule has 1 aromatic carbocycles. The van der Waals surface area contributed by atoms with Gasteiger partial charge in [-0.25, -0.2) is 8.42 Å². The maximum absolute atomic E-state index is 12.3. The topological polar surface area (TPSA) is 57.7 Å². The van der Waals surface area contributed by atoms with Gasteiger partial charge in [-0.2, -0.15) is 4.31 Å². The molecule has 0 saturated carbocycles. The number of carbonyl (C=O) groups is 1. The molecule has 0 N–H and O–H groups in total. The second-order valence-electron chi connectivity index (χ2n) is 5.85. The molecule has 0 bridgehead atoms. The van der Waals surface area contributed by atoms with Crippen LogP contribution in [0.15, 0.2) is 24.3 Å². The molecule has 0 spiro atoms. The molecule has 1 amide bonds. The second kappa shape index (κ2) is 10.0. The zero-order valence-corrected chi connectivity index (χ0v) is 16.2. The first kappa shape index (κ1) is 20.9. The van der Waals surface area contributed by atoms with Crippen molar-refractivity contribution in [3.05, 3.63) is 34.9 Å². The van der Waals surface area contributed by atoms with Gasteiger partial charge in [0.05, 0.1) is 6.26 Å². The summed E-state index contributed by atoms with van der Waals surface area (Å²) in [4.78, 5) is 14.1. The first-order valence-corrected chi connectivity index (χ1v) is 10.5. The number of benzene rings is 1. The summed E-state index contributed by atoms with van der Waals surface area (Å²) in [7, 11) is -3.39. The SMILES string of the molecule is CCCN(CCC)C(=O)CCN(Cc1ccc(Cl)cc1)S(C)(=O)=O. The van der Waals surface area contributed by atoms with E-state index in [2.05, 4.69) is 0 Å². The number of hydrogen-bond donors (Lipinski definition) is 0. The maximum atomic E-state index is 12.3. The zero-order chi connectivity index (χ0) is 18.2. The van der Waals surface area contributed by atoms with Gasteiger partial charge < -0.3 is 4.90 Å². The second-order valence-corrected chi connectivity index (χ2v) is 8.27. The fourth-order valence-corrected chi connectivity index (χ4v) is 3.37. The van der Waals surface area contributed by atoms with Gasteiger partial charge in [-0.15, -0.1) is 0 Å². The number of carbonyl (C=O) groups excluding carboxylic acids is 1. The minimum atomic E-state index is -3.39. The van der Waals surface area contributed by atoms with Gasteiger partial charge in [0.25, 0.3) is 0 Å². The fourth-order valence-electron chi connectivity index (χ4n) is 2.44. The van der Waals surface area contributed by atoms with E-state index in [1.165, 1.54) is 10.6 Å². The number of hydrogen-bond acceptors (Lipinski definition) is 3. The van der Waals surface area contributed by atoms with Crippen LogP contribution in [0.2, 0.25) is 5.02 Å². The van der Waals surface area contributed by atoms with E-state index in [0.717, 1.165) is 18.4 Å². The van der Waals surface area contributed by atoms with E-state index >= 15 is 0 Å². The predicted molar refractivity (Wildman–Crippen MR) is 98.5 cm³/mol. The van der Waals surface area contributed by atoms with Crippen LogP contribution in [-0.4, -0.2) is 49.4 Å². The third-order valence-electron chi connectivity index (χ3n) is 3.66. The van der Waals surface area contributed by atoms with Crippen molar-refractivity contribution in [3.8, 4) is 0 Å². The molecule has 24 heavy (non-hydrogen) atoms. The Bertz CT molecular complexity index is 611. The Morgan fingerprint density at radius 3 is 2.04 bits per heavy atom. The Morgan fingerprint density at radius 2 is 1.58 bits per heavy atom. The van der Waals surface area contributed by atoms with Crippen LogP contribution in [0.5, 0.6) is 0 Å². The van der Waals surface area contributed by atoms with Crippen molar-refractivity contribution < 1.29 is 13.2 Å². The lowest BCUT2D eigenvalue weighted by atomic mass is 10.2. The van der Waals surface area contributed by atoms with Crippen molar-refractivity contribution in [2.75, 3.05) is 25.9 Å². The summed E-state index contributed by atoms with van der Waals surface area (Å²) in [5.41, 5.74) is 0.844. The van der Waals surface area contributed by atoms with E-state index in [1.807, 2.05) is 18.7 Å². The van der Waals surface area contributed by atoms with Gasteiger partial charge in [0.2, 0.25) is 15.9 Å². The van der Waals surface area contributed by atoms with Gasteiger partial charge in [-0.1, -0.05) is 37.6 Å². The van der Waals surface area contributed by atoms with Crippen LogP contribution in [-0.2, 0) is 21.4 Å². The molecule has 136 valence electrons. The fraction of sp³-hybridized carbons (Fsp3) is 0.588. The summed E-state index contributed by atoms with van der Waals surface area (Å²) in [6.45, 7) is 5.90. The van der Waals surface area contributed by atoms with E-state index in [4.69, 9.17) is 11.6 Å². The van der Waals surface area contributed by atoms with Crippen LogP contribution < -0.4 is 0 Å². The highest BCUT2D eigenvalue weighted by Crippen LogP contribution is 2.14. The largest absolute Gasteiger partial charge is 0.343 e. The monoisotopic (exact) mass is 374 g/mol. The average Bonchev–Trinajstić information content (AvgIpc) is 2.51. The average molecular weight is 375 g/mol. The van der Waals surface area contributed by atoms with Gasteiger partial charge >= 0.3 is 0 Å². The van der Waals surface area contributed by atoms with Crippen molar-refractivity contribution in [3.63, 3.8) is 0 Å². The summed E-state index contributed by atoms with van der Waals surface area (Å²) in [6, 6.07) is 7.05. The minimum absolute atomic E-state index is 0.00320. The number of rotatable bonds is 10. The van der Waals surface area contributed by atoms with Gasteiger partial charge in [0, 0.05) is 37.6 Å². The predicted octanol–water partition coefficient (Wildman–Crippen LogP) is 3.14. The zero-order valence-electron chi connectivity index (χ0n) is 14.7. The number of halogens is 1. The molecule has 0 radical (unpaired) electrons. The smallest absolute Gasteiger partial charge is 0.223 e. The Balaban J connectivity index is 2.73. The normalized spacial score (nSPS) is 11.7. The molecule has 0 fully saturated rings. The van der Waals surface area contributed by atoms with Crippen molar-refractivity contribution in [1.29, 1.82) is 0 Å². The molecular formula is C17H27ClN2O3S. The molecule has 0 atom stereocenters. The summed E-state index contributed by atoms with van der Waals surface area (Å²) >= 11 is 5.85. The molecule has 0 aliphatic carbocycles. The number of sulfonamides is 1. The lowest BCUT2D eigenvalue weighted by Gasteiger charge is -2.24.